The highest BCUT2D eigenvalue weighted by molar-refractivity contribution is 6.35. The van der Waals surface area contributed by atoms with E-state index in [2.05, 4.69) is 10.6 Å². The molecule has 0 aliphatic rings. The average molecular weight is 356 g/mol. The topological polar surface area (TPSA) is 93.5 Å². The molecular formula is C14H11Cl2N3O4. The van der Waals surface area contributed by atoms with Gasteiger partial charge in [-0.05, 0) is 24.3 Å². The van der Waals surface area contributed by atoms with Crippen molar-refractivity contribution in [3.05, 3.63) is 56.6 Å². The van der Waals surface area contributed by atoms with Crippen molar-refractivity contribution in [1.29, 1.82) is 0 Å². The van der Waals surface area contributed by atoms with Crippen molar-refractivity contribution in [2.45, 2.75) is 0 Å². The maximum atomic E-state index is 11.2. The van der Waals surface area contributed by atoms with Gasteiger partial charge in [-0.3, -0.25) is 10.1 Å². The van der Waals surface area contributed by atoms with Crippen LogP contribution in [0.1, 0.15) is 0 Å². The van der Waals surface area contributed by atoms with Crippen LogP contribution in [0, 0.1) is 10.1 Å². The SMILES string of the molecule is CNC(=O)Nc1ccc(Oc2cc(Cl)c([N+](=O)[O-])cc2Cl)cc1. The summed E-state index contributed by atoms with van der Waals surface area (Å²) in [5.41, 5.74) is 0.277. The zero-order valence-electron chi connectivity index (χ0n) is 11.8. The second-order valence-corrected chi connectivity index (χ2v) is 5.14. The van der Waals surface area contributed by atoms with E-state index in [4.69, 9.17) is 27.9 Å². The standard InChI is InChI=1S/C14H11Cl2N3O4/c1-17-14(20)18-8-2-4-9(5-3-8)23-13-7-10(15)12(19(21)22)6-11(13)16/h2-7H,1H3,(H2,17,18,20). The van der Waals surface area contributed by atoms with Gasteiger partial charge in [-0.25, -0.2) is 4.79 Å². The Labute approximate surface area is 141 Å². The molecule has 0 saturated carbocycles. The number of ether oxygens (including phenoxy) is 1. The van der Waals surface area contributed by atoms with Crippen LogP contribution < -0.4 is 15.4 Å². The maximum absolute atomic E-state index is 11.2. The van der Waals surface area contributed by atoms with E-state index in [1.54, 1.807) is 24.3 Å². The van der Waals surface area contributed by atoms with Crippen molar-refractivity contribution in [3.63, 3.8) is 0 Å². The van der Waals surface area contributed by atoms with E-state index in [9.17, 15) is 14.9 Å². The van der Waals surface area contributed by atoms with E-state index in [1.165, 1.54) is 13.1 Å². The number of nitrogens with zero attached hydrogens (tertiary/aromatic N) is 1. The molecule has 0 atom stereocenters. The number of carbonyl (C=O) groups excluding carboxylic acids is 1. The number of halogens is 2. The van der Waals surface area contributed by atoms with E-state index in [1.807, 2.05) is 0 Å². The molecule has 7 nitrogen and oxygen atoms in total. The van der Waals surface area contributed by atoms with Crippen molar-refractivity contribution < 1.29 is 14.5 Å². The smallest absolute Gasteiger partial charge is 0.318 e. The number of hydrogen-bond acceptors (Lipinski definition) is 4. The molecule has 0 spiro atoms. The van der Waals surface area contributed by atoms with Crippen LogP contribution in [-0.2, 0) is 0 Å². The third kappa shape index (κ3) is 4.24. The lowest BCUT2D eigenvalue weighted by Crippen LogP contribution is -2.24. The third-order valence-electron chi connectivity index (χ3n) is 2.77. The van der Waals surface area contributed by atoms with Crippen LogP contribution in [0.4, 0.5) is 16.2 Å². The fourth-order valence-corrected chi connectivity index (χ4v) is 2.08. The lowest BCUT2D eigenvalue weighted by atomic mass is 10.3. The predicted molar refractivity (Wildman–Crippen MR) is 87.7 cm³/mol. The molecule has 2 rings (SSSR count). The number of nitro groups is 1. The van der Waals surface area contributed by atoms with E-state index in [0.29, 0.717) is 11.4 Å². The largest absolute Gasteiger partial charge is 0.456 e. The summed E-state index contributed by atoms with van der Waals surface area (Å²) in [6, 6.07) is 8.54. The molecule has 0 aliphatic heterocycles. The van der Waals surface area contributed by atoms with Gasteiger partial charge in [0.25, 0.3) is 5.69 Å². The minimum Gasteiger partial charge on any atom is -0.456 e. The summed E-state index contributed by atoms with van der Waals surface area (Å²) in [4.78, 5) is 21.3. The molecule has 2 N–H and O–H groups in total. The number of nitro benzene ring substituents is 1. The van der Waals surface area contributed by atoms with E-state index in [-0.39, 0.29) is 27.5 Å². The highest BCUT2D eigenvalue weighted by atomic mass is 35.5. The summed E-state index contributed by atoms with van der Waals surface area (Å²) in [6.07, 6.45) is 0. The fraction of sp³-hybridized carbons (Fsp3) is 0.0714. The van der Waals surface area contributed by atoms with Crippen LogP contribution in [0.25, 0.3) is 0 Å². The van der Waals surface area contributed by atoms with Gasteiger partial charge in [0.2, 0.25) is 0 Å². The van der Waals surface area contributed by atoms with Gasteiger partial charge in [0.15, 0.2) is 0 Å². The van der Waals surface area contributed by atoms with Crippen molar-refractivity contribution in [2.75, 3.05) is 12.4 Å². The van der Waals surface area contributed by atoms with Crippen LogP contribution in [0.15, 0.2) is 36.4 Å². The summed E-state index contributed by atoms with van der Waals surface area (Å²) in [6.45, 7) is 0. The van der Waals surface area contributed by atoms with Gasteiger partial charge in [-0.1, -0.05) is 23.2 Å². The van der Waals surface area contributed by atoms with Crippen LogP contribution in [0.5, 0.6) is 11.5 Å². The van der Waals surface area contributed by atoms with Gasteiger partial charge in [-0.15, -0.1) is 0 Å². The number of anilines is 1. The Bertz CT molecular complexity index is 750. The van der Waals surface area contributed by atoms with E-state index >= 15 is 0 Å². The van der Waals surface area contributed by atoms with Gasteiger partial charge in [0, 0.05) is 24.9 Å². The van der Waals surface area contributed by atoms with Crippen LogP contribution in [0.2, 0.25) is 10.0 Å². The highest BCUT2D eigenvalue weighted by Crippen LogP contribution is 2.37. The minimum atomic E-state index is -0.628. The molecular weight excluding hydrogens is 345 g/mol. The van der Waals surface area contributed by atoms with Gasteiger partial charge in [0.1, 0.15) is 16.5 Å². The van der Waals surface area contributed by atoms with Gasteiger partial charge in [-0.2, -0.15) is 0 Å². The van der Waals surface area contributed by atoms with Crippen LogP contribution in [-0.4, -0.2) is 18.0 Å². The van der Waals surface area contributed by atoms with E-state index < -0.39 is 4.92 Å². The van der Waals surface area contributed by atoms with Gasteiger partial charge >= 0.3 is 6.03 Å². The van der Waals surface area contributed by atoms with Crippen molar-refractivity contribution in [1.82, 2.24) is 5.32 Å². The van der Waals surface area contributed by atoms with Crippen molar-refractivity contribution in [3.8, 4) is 11.5 Å². The summed E-state index contributed by atoms with van der Waals surface area (Å²) in [5, 5.41) is 15.8. The van der Waals surface area contributed by atoms with Gasteiger partial charge in [0.05, 0.1) is 9.95 Å². The minimum absolute atomic E-state index is 0.0636. The molecule has 0 fully saturated rings. The molecule has 120 valence electrons. The number of carbonyl (C=O) groups is 1. The number of benzene rings is 2. The monoisotopic (exact) mass is 355 g/mol. The third-order valence-corrected chi connectivity index (χ3v) is 3.36. The second kappa shape index (κ2) is 7.17. The summed E-state index contributed by atoms with van der Waals surface area (Å²) in [5.74, 6) is 0.619. The van der Waals surface area contributed by atoms with Crippen LogP contribution >= 0.6 is 23.2 Å². The first kappa shape index (κ1) is 16.9. The molecule has 0 aromatic heterocycles. The Morgan fingerprint density at radius 3 is 2.39 bits per heavy atom. The first-order chi connectivity index (χ1) is 10.9. The van der Waals surface area contributed by atoms with Crippen LogP contribution in [0.3, 0.4) is 0 Å². The first-order valence-electron chi connectivity index (χ1n) is 6.31. The van der Waals surface area contributed by atoms with E-state index in [0.717, 1.165) is 6.07 Å². The Balaban J connectivity index is 2.18. The molecule has 0 radical (unpaired) electrons. The molecule has 2 aromatic rings. The number of amides is 2. The predicted octanol–water partition coefficient (Wildman–Crippen LogP) is 4.45. The normalized spacial score (nSPS) is 10.0. The Kier molecular flexibility index (Phi) is 5.25. The lowest BCUT2D eigenvalue weighted by molar-refractivity contribution is -0.384. The Morgan fingerprint density at radius 1 is 1.17 bits per heavy atom. The molecule has 0 bridgehead atoms. The number of nitrogens with one attached hydrogen (secondary N) is 2. The summed E-state index contributed by atoms with van der Waals surface area (Å²) < 4.78 is 5.54. The molecule has 23 heavy (non-hydrogen) atoms. The highest BCUT2D eigenvalue weighted by Gasteiger charge is 2.17. The number of urea groups is 1. The summed E-state index contributed by atoms with van der Waals surface area (Å²) >= 11 is 11.8. The van der Waals surface area contributed by atoms with Crippen molar-refractivity contribution >= 4 is 40.6 Å². The van der Waals surface area contributed by atoms with Gasteiger partial charge < -0.3 is 15.4 Å². The molecule has 0 unspecified atom stereocenters. The zero-order valence-corrected chi connectivity index (χ0v) is 13.3. The zero-order chi connectivity index (χ0) is 17.0. The van der Waals surface area contributed by atoms with Crippen molar-refractivity contribution in [2.24, 2.45) is 0 Å². The Morgan fingerprint density at radius 2 is 1.83 bits per heavy atom. The molecule has 2 amide bonds. The Hall–Kier alpha value is -2.51. The fourth-order valence-electron chi connectivity index (χ4n) is 1.66. The quantitative estimate of drug-likeness (QED) is 0.625. The summed E-state index contributed by atoms with van der Waals surface area (Å²) in [7, 11) is 1.51. The average Bonchev–Trinajstić information content (AvgIpc) is 2.52. The maximum Gasteiger partial charge on any atom is 0.318 e. The molecule has 0 aliphatic carbocycles. The number of rotatable bonds is 4. The molecule has 9 heteroatoms. The molecule has 0 heterocycles. The number of hydrogen-bond donors (Lipinski definition) is 2. The molecule has 0 saturated heterocycles. The molecule has 2 aromatic carbocycles. The first-order valence-corrected chi connectivity index (χ1v) is 7.06. The second-order valence-electron chi connectivity index (χ2n) is 4.32. The lowest BCUT2D eigenvalue weighted by Gasteiger charge is -2.09.